The van der Waals surface area contributed by atoms with Crippen molar-refractivity contribution < 1.29 is 23.1 Å². The zero-order valence-electron chi connectivity index (χ0n) is 20.8. The van der Waals surface area contributed by atoms with E-state index in [4.69, 9.17) is 9.47 Å². The van der Waals surface area contributed by atoms with E-state index in [0.717, 1.165) is 66.9 Å². The molecule has 5 nitrogen and oxygen atoms in total. The number of hydrogen-bond acceptors (Lipinski definition) is 3. The number of benzene rings is 3. The molecule has 0 unspecified atom stereocenters. The molecule has 0 aliphatic carbocycles. The SMILES string of the molecule is COc1cccc(CC[N+]23CCC(CC2)[C@@H](OC(=O)N(Cc2ccc(F)cc2)c2ccccc2)C3)c1. The molecule has 36 heavy (non-hydrogen) atoms. The summed E-state index contributed by atoms with van der Waals surface area (Å²) in [6, 6.07) is 24.1. The molecule has 0 spiro atoms. The maximum atomic E-state index is 13.5. The average Bonchev–Trinajstić information content (AvgIpc) is 2.93. The van der Waals surface area contributed by atoms with E-state index in [9.17, 15) is 9.18 Å². The second kappa shape index (κ2) is 10.7. The van der Waals surface area contributed by atoms with Gasteiger partial charge in [-0.25, -0.2) is 9.18 Å². The molecular formula is C30H34FN2O3+. The molecule has 0 radical (unpaired) electrons. The predicted molar refractivity (Wildman–Crippen MR) is 138 cm³/mol. The minimum Gasteiger partial charge on any atom is -0.497 e. The Bertz CT molecular complexity index is 1160. The number of nitrogens with zero attached hydrogens (tertiary/aromatic N) is 2. The zero-order chi connectivity index (χ0) is 25.0. The van der Waals surface area contributed by atoms with Crippen LogP contribution in [-0.4, -0.2) is 50.0 Å². The molecule has 3 aliphatic heterocycles. The van der Waals surface area contributed by atoms with E-state index in [1.165, 1.54) is 17.7 Å². The lowest BCUT2D eigenvalue weighted by Gasteiger charge is -2.52. The summed E-state index contributed by atoms with van der Waals surface area (Å²) >= 11 is 0. The fourth-order valence-electron chi connectivity index (χ4n) is 5.70. The van der Waals surface area contributed by atoms with Crippen molar-refractivity contribution in [1.82, 2.24) is 0 Å². The van der Waals surface area contributed by atoms with Crippen LogP contribution in [0.15, 0.2) is 78.9 Å². The number of rotatable bonds is 8. The van der Waals surface area contributed by atoms with Gasteiger partial charge in [-0.1, -0.05) is 42.5 Å². The Morgan fingerprint density at radius 1 is 0.972 bits per heavy atom. The van der Waals surface area contributed by atoms with Crippen LogP contribution >= 0.6 is 0 Å². The van der Waals surface area contributed by atoms with E-state index in [0.29, 0.717) is 12.5 Å². The summed E-state index contributed by atoms with van der Waals surface area (Å²) in [5.41, 5.74) is 2.90. The van der Waals surface area contributed by atoms with Crippen LogP contribution in [-0.2, 0) is 17.7 Å². The van der Waals surface area contributed by atoms with Crippen molar-refractivity contribution in [2.75, 3.05) is 38.2 Å². The number of halogens is 1. The topological polar surface area (TPSA) is 38.8 Å². The maximum absolute atomic E-state index is 13.5. The lowest BCUT2D eigenvalue weighted by molar-refractivity contribution is -0.945. The van der Waals surface area contributed by atoms with Crippen LogP contribution in [0.25, 0.3) is 0 Å². The molecule has 3 saturated heterocycles. The van der Waals surface area contributed by atoms with Crippen molar-refractivity contribution in [1.29, 1.82) is 0 Å². The van der Waals surface area contributed by atoms with Gasteiger partial charge >= 0.3 is 6.09 Å². The molecule has 1 amide bonds. The molecule has 3 fully saturated rings. The number of anilines is 1. The van der Waals surface area contributed by atoms with Crippen molar-refractivity contribution in [3.63, 3.8) is 0 Å². The highest BCUT2D eigenvalue weighted by Crippen LogP contribution is 2.36. The van der Waals surface area contributed by atoms with Crippen molar-refractivity contribution >= 4 is 11.8 Å². The summed E-state index contributed by atoms with van der Waals surface area (Å²) in [7, 11) is 1.70. The lowest BCUT2D eigenvalue weighted by Crippen LogP contribution is -2.65. The third-order valence-corrected chi connectivity index (χ3v) is 7.84. The standard InChI is InChI=1S/C30H34FN2O3/c1-35-28-9-5-6-23(20-28)14-17-33-18-15-25(16-19-33)29(22-33)36-30(34)32(27-7-3-2-4-8-27)21-24-10-12-26(31)13-11-24/h2-13,20,25,29H,14-19,21-22H2,1H3/q+1/t25?,29-,33?/m0/s1. The van der Waals surface area contributed by atoms with Crippen molar-refractivity contribution in [2.24, 2.45) is 5.92 Å². The number of hydrogen-bond donors (Lipinski definition) is 0. The van der Waals surface area contributed by atoms with Crippen molar-refractivity contribution in [3.8, 4) is 5.75 Å². The van der Waals surface area contributed by atoms with Crippen LogP contribution in [0.5, 0.6) is 5.75 Å². The van der Waals surface area contributed by atoms with E-state index in [1.54, 1.807) is 24.1 Å². The van der Waals surface area contributed by atoms with Crippen LogP contribution < -0.4 is 9.64 Å². The Morgan fingerprint density at radius 3 is 2.44 bits per heavy atom. The Balaban J connectivity index is 1.28. The molecule has 6 heteroatoms. The second-order valence-electron chi connectivity index (χ2n) is 10.1. The molecule has 3 aliphatic rings. The number of piperidine rings is 3. The largest absolute Gasteiger partial charge is 0.497 e. The smallest absolute Gasteiger partial charge is 0.415 e. The molecular weight excluding hydrogens is 455 g/mol. The third kappa shape index (κ3) is 5.54. The normalized spacial score (nSPS) is 22.7. The quantitative estimate of drug-likeness (QED) is 0.374. The number of quaternary nitrogens is 1. The minimum atomic E-state index is -0.338. The summed E-state index contributed by atoms with van der Waals surface area (Å²) < 4.78 is 26.0. The van der Waals surface area contributed by atoms with Gasteiger partial charge in [0.2, 0.25) is 0 Å². The summed E-state index contributed by atoms with van der Waals surface area (Å²) in [4.78, 5) is 15.2. The predicted octanol–water partition coefficient (Wildman–Crippen LogP) is 5.83. The number of para-hydroxylation sites is 1. The van der Waals surface area contributed by atoms with Crippen LogP contribution in [0.1, 0.15) is 24.0 Å². The number of ether oxygens (including phenoxy) is 2. The van der Waals surface area contributed by atoms with Gasteiger partial charge in [-0.3, -0.25) is 4.90 Å². The van der Waals surface area contributed by atoms with Crippen LogP contribution in [0.2, 0.25) is 0 Å². The number of fused-ring (bicyclic) bond motifs is 3. The molecule has 3 aromatic rings. The van der Waals surface area contributed by atoms with Gasteiger partial charge in [-0.2, -0.15) is 0 Å². The van der Waals surface area contributed by atoms with Crippen LogP contribution in [0.4, 0.5) is 14.9 Å². The third-order valence-electron chi connectivity index (χ3n) is 7.84. The summed E-state index contributed by atoms with van der Waals surface area (Å²) in [5.74, 6) is 1.01. The fourth-order valence-corrected chi connectivity index (χ4v) is 5.70. The molecule has 0 N–H and O–H groups in total. The Kier molecular flexibility index (Phi) is 7.23. The highest BCUT2D eigenvalue weighted by molar-refractivity contribution is 5.87. The molecule has 1 atom stereocenters. The zero-order valence-corrected chi connectivity index (χ0v) is 20.8. The number of amides is 1. The van der Waals surface area contributed by atoms with Crippen molar-refractivity contribution in [3.05, 3.63) is 95.8 Å². The van der Waals surface area contributed by atoms with E-state index >= 15 is 0 Å². The van der Waals surface area contributed by atoms with E-state index in [2.05, 4.69) is 12.1 Å². The van der Waals surface area contributed by atoms with Gasteiger partial charge in [-0.15, -0.1) is 0 Å². The van der Waals surface area contributed by atoms with Gasteiger partial charge in [0.25, 0.3) is 0 Å². The van der Waals surface area contributed by atoms with Gasteiger partial charge in [-0.05, 0) is 47.5 Å². The summed E-state index contributed by atoms with van der Waals surface area (Å²) in [6.07, 6.45) is 2.71. The molecule has 0 aromatic heterocycles. The van der Waals surface area contributed by atoms with Gasteiger partial charge in [0.05, 0.1) is 33.3 Å². The molecule has 0 saturated carbocycles. The molecule has 188 valence electrons. The van der Waals surface area contributed by atoms with Gasteiger partial charge in [0, 0.05) is 30.9 Å². The van der Waals surface area contributed by atoms with Crippen molar-refractivity contribution in [2.45, 2.75) is 31.9 Å². The monoisotopic (exact) mass is 489 g/mol. The van der Waals surface area contributed by atoms with Gasteiger partial charge in [0.1, 0.15) is 18.1 Å². The Labute approximate surface area is 212 Å². The number of carbonyl (C=O) groups excluding carboxylic acids is 1. The van der Waals surface area contributed by atoms with E-state index in [-0.39, 0.29) is 18.0 Å². The summed E-state index contributed by atoms with van der Waals surface area (Å²) in [5, 5.41) is 0. The first-order valence-electron chi connectivity index (χ1n) is 12.8. The Morgan fingerprint density at radius 2 is 1.72 bits per heavy atom. The molecule has 6 rings (SSSR count). The molecule has 3 heterocycles. The molecule has 3 aromatic carbocycles. The Hall–Kier alpha value is -3.38. The first kappa shape index (κ1) is 24.3. The fraction of sp³-hybridized carbons (Fsp3) is 0.367. The highest BCUT2D eigenvalue weighted by Gasteiger charge is 2.47. The van der Waals surface area contributed by atoms with E-state index < -0.39 is 0 Å². The maximum Gasteiger partial charge on any atom is 0.415 e. The number of methoxy groups -OCH3 is 1. The van der Waals surface area contributed by atoms with Crippen LogP contribution in [0, 0.1) is 11.7 Å². The lowest BCUT2D eigenvalue weighted by atomic mass is 9.83. The van der Waals surface area contributed by atoms with Gasteiger partial charge < -0.3 is 14.0 Å². The molecule has 2 bridgehead atoms. The average molecular weight is 490 g/mol. The second-order valence-corrected chi connectivity index (χ2v) is 10.1. The summed E-state index contributed by atoms with van der Waals surface area (Å²) in [6.45, 7) is 4.50. The first-order valence-corrected chi connectivity index (χ1v) is 12.8. The highest BCUT2D eigenvalue weighted by atomic mass is 19.1. The number of carbonyl (C=O) groups is 1. The van der Waals surface area contributed by atoms with Gasteiger partial charge in [0.15, 0.2) is 6.10 Å². The van der Waals surface area contributed by atoms with Crippen LogP contribution in [0.3, 0.4) is 0 Å². The van der Waals surface area contributed by atoms with E-state index in [1.807, 2.05) is 42.5 Å². The first-order chi connectivity index (χ1) is 17.5. The minimum absolute atomic E-state index is 0.0928.